The Hall–Kier alpha value is -1.83. The number of rotatable bonds is 3. The molecule has 2 unspecified atom stereocenters. The molecule has 0 saturated carbocycles. The van der Waals surface area contributed by atoms with Crippen LogP contribution in [0.2, 0.25) is 0 Å². The van der Waals surface area contributed by atoms with Gasteiger partial charge < -0.3 is 19.7 Å². The normalized spacial score (nSPS) is 22.1. The molecule has 0 aromatic carbocycles. The van der Waals surface area contributed by atoms with Crippen molar-refractivity contribution in [3.8, 4) is 0 Å². The van der Waals surface area contributed by atoms with Crippen LogP contribution in [-0.2, 0) is 16.6 Å². The van der Waals surface area contributed by atoms with Crippen molar-refractivity contribution < 1.29 is 24.6 Å². The Morgan fingerprint density at radius 1 is 1.24 bits per heavy atom. The summed E-state index contributed by atoms with van der Waals surface area (Å²) in [5.74, 6) is -4.64. The van der Waals surface area contributed by atoms with Gasteiger partial charge in [0.1, 0.15) is 5.69 Å². The molecular weight excluding hydrogens is 344 g/mol. The molecule has 2 heterocycles. The monoisotopic (exact) mass is 358 g/mol. The van der Waals surface area contributed by atoms with Crippen molar-refractivity contribution in [2.24, 2.45) is 18.9 Å². The zero-order valence-electron chi connectivity index (χ0n) is 11.3. The third kappa shape index (κ3) is 3.10. The van der Waals surface area contributed by atoms with Crippen molar-refractivity contribution in [2.75, 3.05) is 13.1 Å². The predicted octanol–water partition coefficient (Wildman–Crippen LogP) is 1.04. The van der Waals surface area contributed by atoms with E-state index in [0.717, 1.165) is 4.47 Å². The lowest BCUT2D eigenvalue weighted by Gasteiger charge is -2.34. The van der Waals surface area contributed by atoms with Crippen LogP contribution in [0.1, 0.15) is 16.9 Å². The zero-order chi connectivity index (χ0) is 15.7. The molecule has 2 rings (SSSR count). The van der Waals surface area contributed by atoms with Gasteiger partial charge in [-0.05, 0) is 28.4 Å². The minimum Gasteiger partial charge on any atom is -0.481 e. The molecule has 2 N–H and O–H groups in total. The fraction of sp³-hybridized carbons (Fsp3) is 0.462. The van der Waals surface area contributed by atoms with Gasteiger partial charge >= 0.3 is 11.9 Å². The van der Waals surface area contributed by atoms with E-state index in [0.29, 0.717) is 5.69 Å². The topological polar surface area (TPSA) is 99.8 Å². The summed E-state index contributed by atoms with van der Waals surface area (Å²) in [4.78, 5) is 36.2. The molecule has 114 valence electrons. The molecule has 1 aliphatic rings. The Morgan fingerprint density at radius 2 is 1.86 bits per heavy atom. The third-order valence-electron chi connectivity index (χ3n) is 3.73. The van der Waals surface area contributed by atoms with Gasteiger partial charge in [-0.2, -0.15) is 0 Å². The van der Waals surface area contributed by atoms with Crippen molar-refractivity contribution in [1.29, 1.82) is 0 Å². The molecule has 2 atom stereocenters. The van der Waals surface area contributed by atoms with Gasteiger partial charge in [-0.1, -0.05) is 0 Å². The molecule has 8 heteroatoms. The Balaban J connectivity index is 2.19. The molecule has 21 heavy (non-hydrogen) atoms. The van der Waals surface area contributed by atoms with Gasteiger partial charge in [-0.15, -0.1) is 0 Å². The van der Waals surface area contributed by atoms with Gasteiger partial charge in [0.15, 0.2) is 0 Å². The second-order valence-corrected chi connectivity index (χ2v) is 6.00. The zero-order valence-corrected chi connectivity index (χ0v) is 12.9. The number of aryl methyl sites for hydroxylation is 1. The molecule has 1 aromatic heterocycles. The Kier molecular flexibility index (Phi) is 4.36. The van der Waals surface area contributed by atoms with Crippen LogP contribution in [0, 0.1) is 11.8 Å². The minimum atomic E-state index is -1.19. The number of nitrogens with zero attached hydrogens (tertiary/aromatic N) is 2. The summed E-state index contributed by atoms with van der Waals surface area (Å²) in [5.41, 5.74) is 0.430. The van der Waals surface area contributed by atoms with Crippen molar-refractivity contribution in [3.05, 3.63) is 22.4 Å². The fourth-order valence-corrected chi connectivity index (χ4v) is 3.11. The summed E-state index contributed by atoms with van der Waals surface area (Å²) >= 11 is 3.28. The van der Waals surface area contributed by atoms with Gasteiger partial charge in [-0.25, -0.2) is 0 Å². The number of likely N-dealkylation sites (tertiary alicyclic amines) is 1. The second-order valence-electron chi connectivity index (χ2n) is 5.08. The highest BCUT2D eigenvalue weighted by Gasteiger charge is 2.40. The molecule has 1 aromatic rings. The lowest BCUT2D eigenvalue weighted by Crippen LogP contribution is -2.48. The smallest absolute Gasteiger partial charge is 0.309 e. The molecule has 7 nitrogen and oxygen atoms in total. The summed E-state index contributed by atoms with van der Waals surface area (Å²) in [7, 11) is 1.72. The van der Waals surface area contributed by atoms with Gasteiger partial charge in [-0.3, -0.25) is 14.4 Å². The number of piperidine rings is 1. The van der Waals surface area contributed by atoms with Crippen LogP contribution in [0.15, 0.2) is 16.7 Å². The van der Waals surface area contributed by atoms with Crippen LogP contribution < -0.4 is 0 Å². The van der Waals surface area contributed by atoms with E-state index in [-0.39, 0.29) is 25.4 Å². The molecule has 1 aliphatic heterocycles. The van der Waals surface area contributed by atoms with Crippen molar-refractivity contribution in [1.82, 2.24) is 9.47 Å². The molecule has 1 amide bonds. The SMILES string of the molecule is Cn1cc(Br)cc1C(=O)N1CCC(C(=O)O)C(C(=O)O)C1. The molecule has 1 saturated heterocycles. The van der Waals surface area contributed by atoms with Crippen LogP contribution in [-0.4, -0.2) is 50.6 Å². The maximum Gasteiger partial charge on any atom is 0.309 e. The lowest BCUT2D eigenvalue weighted by atomic mass is 9.85. The average Bonchev–Trinajstić information content (AvgIpc) is 2.76. The predicted molar refractivity (Wildman–Crippen MR) is 75.9 cm³/mol. The van der Waals surface area contributed by atoms with Crippen molar-refractivity contribution >= 4 is 33.8 Å². The summed E-state index contributed by atoms with van der Waals surface area (Å²) < 4.78 is 2.40. The molecular formula is C13H15BrN2O5. The molecule has 0 spiro atoms. The first-order valence-electron chi connectivity index (χ1n) is 6.38. The second kappa shape index (κ2) is 5.88. The lowest BCUT2D eigenvalue weighted by molar-refractivity contribution is -0.156. The van der Waals surface area contributed by atoms with Crippen molar-refractivity contribution in [3.63, 3.8) is 0 Å². The van der Waals surface area contributed by atoms with Crippen LogP contribution in [0.4, 0.5) is 0 Å². The Bertz CT molecular complexity index is 597. The molecule has 0 radical (unpaired) electrons. The maximum absolute atomic E-state index is 12.4. The first-order valence-corrected chi connectivity index (χ1v) is 7.17. The number of carbonyl (C=O) groups is 3. The van der Waals surface area contributed by atoms with E-state index in [4.69, 9.17) is 5.11 Å². The number of aromatic nitrogens is 1. The molecule has 0 aliphatic carbocycles. The van der Waals surface area contributed by atoms with Crippen LogP contribution in [0.25, 0.3) is 0 Å². The van der Waals surface area contributed by atoms with E-state index in [2.05, 4.69) is 15.9 Å². The van der Waals surface area contributed by atoms with Crippen LogP contribution in [0.3, 0.4) is 0 Å². The summed E-state index contributed by atoms with van der Waals surface area (Å²) in [6, 6.07) is 1.65. The molecule has 1 fully saturated rings. The number of carboxylic acid groups (broad SMARTS) is 2. The summed E-state index contributed by atoms with van der Waals surface area (Å²) in [5, 5.41) is 18.2. The van der Waals surface area contributed by atoms with Crippen LogP contribution in [0.5, 0.6) is 0 Å². The highest BCUT2D eigenvalue weighted by Crippen LogP contribution is 2.26. The van der Waals surface area contributed by atoms with E-state index in [1.54, 1.807) is 23.9 Å². The number of aliphatic carboxylic acids is 2. The van der Waals surface area contributed by atoms with E-state index in [9.17, 15) is 19.5 Å². The van der Waals surface area contributed by atoms with E-state index >= 15 is 0 Å². The first-order chi connectivity index (χ1) is 9.81. The van der Waals surface area contributed by atoms with Gasteiger partial charge in [0, 0.05) is 30.8 Å². The highest BCUT2D eigenvalue weighted by molar-refractivity contribution is 9.10. The highest BCUT2D eigenvalue weighted by atomic mass is 79.9. The van der Waals surface area contributed by atoms with E-state index in [1.807, 2.05) is 0 Å². The number of amides is 1. The van der Waals surface area contributed by atoms with Gasteiger partial charge in [0.05, 0.1) is 11.8 Å². The number of carboxylic acids is 2. The minimum absolute atomic E-state index is 0.0894. The first kappa shape index (κ1) is 15.6. The quantitative estimate of drug-likeness (QED) is 0.840. The maximum atomic E-state index is 12.4. The Morgan fingerprint density at radius 3 is 2.33 bits per heavy atom. The van der Waals surface area contributed by atoms with Crippen molar-refractivity contribution in [2.45, 2.75) is 6.42 Å². The average molecular weight is 359 g/mol. The van der Waals surface area contributed by atoms with E-state index in [1.165, 1.54) is 4.90 Å². The largest absolute Gasteiger partial charge is 0.481 e. The number of hydrogen-bond donors (Lipinski definition) is 2. The van der Waals surface area contributed by atoms with Crippen LogP contribution >= 0.6 is 15.9 Å². The third-order valence-corrected chi connectivity index (χ3v) is 4.16. The summed E-state index contributed by atoms with van der Waals surface area (Å²) in [6.45, 7) is 0.149. The summed E-state index contributed by atoms with van der Waals surface area (Å²) in [6.07, 6.45) is 1.87. The number of carbonyl (C=O) groups excluding carboxylic acids is 1. The van der Waals surface area contributed by atoms with Gasteiger partial charge in [0.2, 0.25) is 0 Å². The Labute approximate surface area is 129 Å². The number of halogens is 1. The van der Waals surface area contributed by atoms with Gasteiger partial charge in [0.25, 0.3) is 5.91 Å². The standard InChI is InChI=1S/C13H15BrN2O5/c1-15-5-7(14)4-10(15)11(17)16-3-2-8(12(18)19)9(6-16)13(20)21/h4-5,8-9H,2-3,6H2,1H3,(H,18,19)(H,20,21). The number of hydrogen-bond acceptors (Lipinski definition) is 3. The van der Waals surface area contributed by atoms with E-state index < -0.39 is 23.8 Å². The fourth-order valence-electron chi connectivity index (χ4n) is 2.58. The molecule has 0 bridgehead atoms.